The second-order valence-corrected chi connectivity index (χ2v) is 4.16. The molecule has 0 aliphatic heterocycles. The van der Waals surface area contributed by atoms with Crippen molar-refractivity contribution >= 4 is 17.3 Å². The summed E-state index contributed by atoms with van der Waals surface area (Å²) in [5, 5.41) is 7.51. The minimum atomic E-state index is 0.0585. The number of para-hydroxylation sites is 1. The number of nitrogens with one attached hydrogen (secondary N) is 1. The Morgan fingerprint density at radius 1 is 1.22 bits per heavy atom. The molecule has 0 aliphatic carbocycles. The highest BCUT2D eigenvalue weighted by Crippen LogP contribution is 2.22. The summed E-state index contributed by atoms with van der Waals surface area (Å²) in [4.78, 5) is 6.44. The second-order valence-electron chi connectivity index (χ2n) is 4.16. The molecule has 0 amide bonds. The third kappa shape index (κ3) is 2.48. The van der Waals surface area contributed by atoms with Crippen LogP contribution in [0.4, 0.5) is 11.5 Å². The van der Waals surface area contributed by atoms with Crippen LogP contribution in [0.2, 0.25) is 0 Å². The lowest BCUT2D eigenvalue weighted by atomic mass is 10.2. The molecule has 0 spiro atoms. The van der Waals surface area contributed by atoms with Gasteiger partial charge in [-0.3, -0.25) is 5.41 Å². The van der Waals surface area contributed by atoms with Crippen molar-refractivity contribution in [1.82, 2.24) is 4.98 Å². The first kappa shape index (κ1) is 12.1. The predicted molar refractivity (Wildman–Crippen MR) is 74.5 cm³/mol. The summed E-state index contributed by atoms with van der Waals surface area (Å²) in [5.41, 5.74) is 8.12. The molecule has 18 heavy (non-hydrogen) atoms. The molecule has 0 bridgehead atoms. The zero-order valence-electron chi connectivity index (χ0n) is 10.5. The van der Waals surface area contributed by atoms with Crippen molar-refractivity contribution in [2.24, 2.45) is 5.73 Å². The van der Waals surface area contributed by atoms with Crippen LogP contribution in [-0.2, 0) is 0 Å². The molecule has 2 aromatic rings. The van der Waals surface area contributed by atoms with Crippen LogP contribution >= 0.6 is 0 Å². The van der Waals surface area contributed by atoms with Crippen molar-refractivity contribution in [1.29, 1.82) is 5.41 Å². The highest BCUT2D eigenvalue weighted by Gasteiger charge is 2.08. The van der Waals surface area contributed by atoms with Crippen LogP contribution in [0.15, 0.2) is 42.5 Å². The topological polar surface area (TPSA) is 66.0 Å². The highest BCUT2D eigenvalue weighted by molar-refractivity contribution is 5.95. The summed E-state index contributed by atoms with van der Waals surface area (Å²) in [7, 11) is 1.95. The van der Waals surface area contributed by atoms with E-state index in [0.717, 1.165) is 17.2 Å². The van der Waals surface area contributed by atoms with Gasteiger partial charge < -0.3 is 10.6 Å². The first-order valence-corrected chi connectivity index (χ1v) is 5.70. The normalized spacial score (nSPS) is 10.1. The average Bonchev–Trinajstić information content (AvgIpc) is 2.38. The fourth-order valence-corrected chi connectivity index (χ4v) is 1.76. The first-order chi connectivity index (χ1) is 8.58. The predicted octanol–water partition coefficient (Wildman–Crippen LogP) is 2.44. The van der Waals surface area contributed by atoms with Crippen molar-refractivity contribution in [2.75, 3.05) is 11.9 Å². The van der Waals surface area contributed by atoms with Gasteiger partial charge in [-0.25, -0.2) is 4.98 Å². The van der Waals surface area contributed by atoms with E-state index in [1.54, 1.807) is 0 Å². The molecule has 1 aromatic heterocycles. The first-order valence-electron chi connectivity index (χ1n) is 5.70. The number of hydrogen-bond donors (Lipinski definition) is 2. The average molecular weight is 240 g/mol. The van der Waals surface area contributed by atoms with Gasteiger partial charge in [0.25, 0.3) is 0 Å². The molecule has 92 valence electrons. The number of anilines is 2. The molecule has 0 aliphatic rings. The van der Waals surface area contributed by atoms with E-state index in [2.05, 4.69) is 4.98 Å². The molecule has 0 saturated heterocycles. The molecule has 0 atom stereocenters. The van der Waals surface area contributed by atoms with Crippen LogP contribution < -0.4 is 10.6 Å². The Morgan fingerprint density at radius 2 is 1.89 bits per heavy atom. The van der Waals surface area contributed by atoms with Crippen molar-refractivity contribution < 1.29 is 0 Å². The van der Waals surface area contributed by atoms with E-state index in [1.807, 2.05) is 61.3 Å². The fraction of sp³-hybridized carbons (Fsp3) is 0.143. The van der Waals surface area contributed by atoms with Gasteiger partial charge in [0.15, 0.2) is 0 Å². The zero-order valence-corrected chi connectivity index (χ0v) is 10.5. The number of hydrogen-bond acceptors (Lipinski definition) is 3. The Balaban J connectivity index is 2.42. The SMILES string of the molecule is Cc1cc(C(=N)N)cc(N(C)c2ccccc2)n1. The molecule has 1 aromatic carbocycles. The number of pyridine rings is 1. The summed E-state index contributed by atoms with van der Waals surface area (Å²) in [6, 6.07) is 13.6. The second kappa shape index (κ2) is 4.87. The standard InChI is InChI=1S/C14H16N4/c1-10-8-11(14(15)16)9-13(17-10)18(2)12-6-4-3-5-7-12/h3-9H,1-2H3,(H3,15,16). The number of aromatic nitrogens is 1. The van der Waals surface area contributed by atoms with Gasteiger partial charge in [0.05, 0.1) is 0 Å². The van der Waals surface area contributed by atoms with Crippen molar-refractivity contribution in [3.8, 4) is 0 Å². The number of benzene rings is 1. The molecule has 4 heteroatoms. The quantitative estimate of drug-likeness (QED) is 0.639. The molecule has 0 unspecified atom stereocenters. The van der Waals surface area contributed by atoms with Crippen LogP contribution in [0.3, 0.4) is 0 Å². The third-order valence-electron chi connectivity index (χ3n) is 2.74. The minimum absolute atomic E-state index is 0.0585. The Morgan fingerprint density at radius 3 is 2.50 bits per heavy atom. The van der Waals surface area contributed by atoms with E-state index in [9.17, 15) is 0 Å². The van der Waals surface area contributed by atoms with Crippen LogP contribution in [-0.4, -0.2) is 17.9 Å². The Labute approximate surface area is 107 Å². The lowest BCUT2D eigenvalue weighted by Crippen LogP contribution is -2.16. The summed E-state index contributed by atoms with van der Waals surface area (Å²) in [5.74, 6) is 0.842. The number of rotatable bonds is 3. The largest absolute Gasteiger partial charge is 0.384 e. The molecule has 3 N–H and O–H groups in total. The molecule has 0 saturated carbocycles. The number of nitrogens with zero attached hydrogens (tertiary/aromatic N) is 2. The molecular formula is C14H16N4. The van der Waals surface area contributed by atoms with Crippen LogP contribution in [0.25, 0.3) is 0 Å². The molecule has 0 radical (unpaired) electrons. The monoisotopic (exact) mass is 240 g/mol. The molecule has 2 rings (SSSR count). The van der Waals surface area contributed by atoms with Gasteiger partial charge in [0.1, 0.15) is 11.7 Å². The minimum Gasteiger partial charge on any atom is -0.384 e. The van der Waals surface area contributed by atoms with E-state index in [1.165, 1.54) is 0 Å². The van der Waals surface area contributed by atoms with E-state index in [4.69, 9.17) is 11.1 Å². The van der Waals surface area contributed by atoms with E-state index >= 15 is 0 Å². The zero-order chi connectivity index (χ0) is 13.1. The summed E-state index contributed by atoms with van der Waals surface area (Å²) >= 11 is 0. The maximum absolute atomic E-state index is 7.51. The number of aryl methyl sites for hydroxylation is 1. The van der Waals surface area contributed by atoms with Gasteiger partial charge >= 0.3 is 0 Å². The molecule has 4 nitrogen and oxygen atoms in total. The van der Waals surface area contributed by atoms with Gasteiger partial charge in [0.2, 0.25) is 0 Å². The van der Waals surface area contributed by atoms with Crippen LogP contribution in [0.5, 0.6) is 0 Å². The number of nitrogen functional groups attached to an aromatic ring is 1. The number of nitrogens with two attached hydrogens (primary N) is 1. The Kier molecular flexibility index (Phi) is 3.28. The van der Waals surface area contributed by atoms with E-state index < -0.39 is 0 Å². The summed E-state index contributed by atoms with van der Waals surface area (Å²) in [6.45, 7) is 1.90. The van der Waals surface area contributed by atoms with Crippen molar-refractivity contribution in [2.45, 2.75) is 6.92 Å². The van der Waals surface area contributed by atoms with Gasteiger partial charge in [0, 0.05) is 24.0 Å². The van der Waals surface area contributed by atoms with Gasteiger partial charge in [-0.15, -0.1) is 0 Å². The number of amidine groups is 1. The lowest BCUT2D eigenvalue weighted by Gasteiger charge is -2.19. The van der Waals surface area contributed by atoms with Crippen molar-refractivity contribution in [3.05, 3.63) is 53.7 Å². The molecule has 0 fully saturated rings. The fourth-order valence-electron chi connectivity index (χ4n) is 1.76. The van der Waals surface area contributed by atoms with E-state index in [-0.39, 0.29) is 5.84 Å². The van der Waals surface area contributed by atoms with Crippen molar-refractivity contribution in [3.63, 3.8) is 0 Å². The Bertz CT molecular complexity index is 563. The summed E-state index contributed by atoms with van der Waals surface area (Å²) in [6.07, 6.45) is 0. The van der Waals surface area contributed by atoms with Gasteiger partial charge in [-0.2, -0.15) is 0 Å². The highest BCUT2D eigenvalue weighted by atomic mass is 15.2. The molecular weight excluding hydrogens is 224 g/mol. The molecule has 1 heterocycles. The van der Waals surface area contributed by atoms with Gasteiger partial charge in [-0.05, 0) is 31.2 Å². The maximum Gasteiger partial charge on any atom is 0.133 e. The third-order valence-corrected chi connectivity index (χ3v) is 2.74. The maximum atomic E-state index is 7.51. The lowest BCUT2D eigenvalue weighted by molar-refractivity contribution is 1.09. The van der Waals surface area contributed by atoms with Crippen LogP contribution in [0.1, 0.15) is 11.3 Å². The van der Waals surface area contributed by atoms with E-state index in [0.29, 0.717) is 5.56 Å². The smallest absolute Gasteiger partial charge is 0.133 e. The van der Waals surface area contributed by atoms with Gasteiger partial charge in [-0.1, -0.05) is 18.2 Å². The van der Waals surface area contributed by atoms with Crippen LogP contribution in [0, 0.1) is 12.3 Å². The summed E-state index contributed by atoms with van der Waals surface area (Å²) < 4.78 is 0. The Hall–Kier alpha value is -2.36.